The highest BCUT2D eigenvalue weighted by Crippen LogP contribution is 2.12. The third kappa shape index (κ3) is 4.13. The molecule has 0 aliphatic heterocycles. The van der Waals surface area contributed by atoms with Gasteiger partial charge in [0.05, 0.1) is 0 Å². The van der Waals surface area contributed by atoms with Crippen molar-refractivity contribution in [1.82, 2.24) is 0 Å². The van der Waals surface area contributed by atoms with E-state index in [1.54, 1.807) is 24.3 Å². The van der Waals surface area contributed by atoms with Gasteiger partial charge in [-0.15, -0.1) is 0 Å². The molecule has 16 heavy (non-hydrogen) atoms. The molecule has 0 bridgehead atoms. The van der Waals surface area contributed by atoms with E-state index in [0.29, 0.717) is 12.8 Å². The molecule has 4 heteroatoms. The fourth-order valence-corrected chi connectivity index (χ4v) is 1.52. The van der Waals surface area contributed by atoms with Crippen LogP contribution in [0.1, 0.15) is 24.0 Å². The summed E-state index contributed by atoms with van der Waals surface area (Å²) in [6, 6.07) is 7.20. The lowest BCUT2D eigenvalue weighted by molar-refractivity contribution is -0.307. The number of hydrogen-bond acceptors (Lipinski definition) is 4. The molecule has 1 aromatic carbocycles. The molecule has 0 N–H and O–H groups in total. The van der Waals surface area contributed by atoms with Gasteiger partial charge in [-0.1, -0.05) is 24.3 Å². The third-order valence-corrected chi connectivity index (χ3v) is 2.32. The van der Waals surface area contributed by atoms with Crippen LogP contribution in [0.4, 0.5) is 0 Å². The van der Waals surface area contributed by atoms with Gasteiger partial charge < -0.3 is 19.8 Å². The van der Waals surface area contributed by atoms with Crippen molar-refractivity contribution >= 4 is 11.9 Å². The van der Waals surface area contributed by atoms with Gasteiger partial charge in [0.1, 0.15) is 0 Å². The topological polar surface area (TPSA) is 80.3 Å². The summed E-state index contributed by atoms with van der Waals surface area (Å²) in [6.45, 7) is 0. The van der Waals surface area contributed by atoms with E-state index in [-0.39, 0.29) is 12.8 Å². The Morgan fingerprint density at radius 1 is 0.875 bits per heavy atom. The van der Waals surface area contributed by atoms with Gasteiger partial charge in [0.15, 0.2) is 0 Å². The first-order valence-corrected chi connectivity index (χ1v) is 5.06. The molecule has 0 unspecified atom stereocenters. The molecule has 0 atom stereocenters. The van der Waals surface area contributed by atoms with Gasteiger partial charge in [-0.05, 0) is 36.8 Å². The molecule has 0 aliphatic rings. The summed E-state index contributed by atoms with van der Waals surface area (Å²) in [4.78, 5) is 20.7. The zero-order chi connectivity index (χ0) is 12.0. The van der Waals surface area contributed by atoms with Crippen LogP contribution in [-0.2, 0) is 22.4 Å². The van der Waals surface area contributed by atoms with Crippen molar-refractivity contribution in [1.29, 1.82) is 0 Å². The zero-order valence-corrected chi connectivity index (χ0v) is 8.77. The monoisotopic (exact) mass is 220 g/mol. The second-order valence-electron chi connectivity index (χ2n) is 3.51. The van der Waals surface area contributed by atoms with Crippen molar-refractivity contribution in [3.63, 3.8) is 0 Å². The average Bonchev–Trinajstić information content (AvgIpc) is 2.24. The van der Waals surface area contributed by atoms with Crippen molar-refractivity contribution in [3.8, 4) is 0 Å². The van der Waals surface area contributed by atoms with Crippen LogP contribution in [0.25, 0.3) is 0 Å². The normalized spacial score (nSPS) is 10.0. The molecule has 86 valence electrons. The first kappa shape index (κ1) is 12.2. The van der Waals surface area contributed by atoms with Gasteiger partial charge in [0, 0.05) is 11.9 Å². The standard InChI is InChI=1S/C12H14O4/c13-11(14)7-5-9-3-1-2-4-10(9)6-8-12(15)16/h1-4H,5-8H2,(H,13,14)(H,15,16)/p-2. The molecule has 0 aromatic heterocycles. The zero-order valence-electron chi connectivity index (χ0n) is 8.77. The number of carboxylic acids is 2. The lowest BCUT2D eigenvalue weighted by Crippen LogP contribution is -2.23. The Bertz CT molecular complexity index is 347. The first-order valence-electron chi connectivity index (χ1n) is 5.06. The smallest absolute Gasteiger partial charge is 0.0417 e. The quantitative estimate of drug-likeness (QED) is 0.619. The number of hydrogen-bond donors (Lipinski definition) is 0. The molecule has 0 saturated heterocycles. The number of aryl methyl sites for hydroxylation is 2. The van der Waals surface area contributed by atoms with E-state index < -0.39 is 11.9 Å². The Hall–Kier alpha value is -1.84. The van der Waals surface area contributed by atoms with E-state index in [2.05, 4.69) is 0 Å². The summed E-state index contributed by atoms with van der Waals surface area (Å²) < 4.78 is 0. The van der Waals surface area contributed by atoms with Crippen LogP contribution in [0.3, 0.4) is 0 Å². The minimum atomic E-state index is -1.10. The predicted octanol–water partition coefficient (Wildman–Crippen LogP) is -0.948. The molecule has 0 saturated carbocycles. The lowest BCUT2D eigenvalue weighted by Gasteiger charge is -2.10. The number of benzene rings is 1. The predicted molar refractivity (Wildman–Crippen MR) is 53.1 cm³/mol. The molecule has 1 aromatic rings. The molecule has 0 amide bonds. The third-order valence-electron chi connectivity index (χ3n) is 2.32. The summed E-state index contributed by atoms with van der Waals surface area (Å²) in [5, 5.41) is 20.7. The maximum absolute atomic E-state index is 10.3. The van der Waals surface area contributed by atoms with Crippen molar-refractivity contribution in [2.24, 2.45) is 0 Å². The highest BCUT2D eigenvalue weighted by Gasteiger charge is 2.01. The Kier molecular flexibility index (Phi) is 4.51. The highest BCUT2D eigenvalue weighted by molar-refractivity contribution is 5.65. The van der Waals surface area contributed by atoms with Crippen LogP contribution in [0.15, 0.2) is 24.3 Å². The van der Waals surface area contributed by atoms with Crippen LogP contribution in [-0.4, -0.2) is 11.9 Å². The summed E-state index contributed by atoms with van der Waals surface area (Å²) in [7, 11) is 0. The largest absolute Gasteiger partial charge is 0.550 e. The molecule has 1 rings (SSSR count). The van der Waals surface area contributed by atoms with Crippen molar-refractivity contribution in [2.45, 2.75) is 25.7 Å². The number of carboxylic acid groups (broad SMARTS) is 2. The Balaban J connectivity index is 2.67. The van der Waals surface area contributed by atoms with Gasteiger partial charge in [-0.3, -0.25) is 0 Å². The van der Waals surface area contributed by atoms with Gasteiger partial charge in [0.25, 0.3) is 0 Å². The fraction of sp³-hybridized carbons (Fsp3) is 0.333. The molecule has 0 fully saturated rings. The van der Waals surface area contributed by atoms with E-state index in [1.165, 1.54) is 0 Å². The van der Waals surface area contributed by atoms with Gasteiger partial charge >= 0.3 is 0 Å². The van der Waals surface area contributed by atoms with Crippen LogP contribution >= 0.6 is 0 Å². The maximum atomic E-state index is 10.3. The molecule has 0 radical (unpaired) electrons. The molecule has 0 spiro atoms. The lowest BCUT2D eigenvalue weighted by atomic mass is 9.99. The Morgan fingerprint density at radius 2 is 1.25 bits per heavy atom. The highest BCUT2D eigenvalue weighted by atomic mass is 16.4. The van der Waals surface area contributed by atoms with Gasteiger partial charge in [0.2, 0.25) is 0 Å². The number of aliphatic carboxylic acids is 2. The van der Waals surface area contributed by atoms with E-state index >= 15 is 0 Å². The van der Waals surface area contributed by atoms with Crippen LogP contribution in [0, 0.1) is 0 Å². The van der Waals surface area contributed by atoms with Gasteiger partial charge in [-0.2, -0.15) is 0 Å². The molecule has 0 aliphatic carbocycles. The summed E-state index contributed by atoms with van der Waals surface area (Å²) in [6.07, 6.45) is 0.627. The SMILES string of the molecule is O=C([O-])CCc1ccccc1CCC(=O)[O-]. The molecule has 4 nitrogen and oxygen atoms in total. The first-order chi connectivity index (χ1) is 7.59. The fourth-order valence-electron chi connectivity index (χ4n) is 1.52. The minimum absolute atomic E-state index is 0.0532. The summed E-state index contributed by atoms with van der Waals surface area (Å²) >= 11 is 0. The Morgan fingerprint density at radius 3 is 1.56 bits per heavy atom. The van der Waals surface area contributed by atoms with E-state index in [0.717, 1.165) is 11.1 Å². The van der Waals surface area contributed by atoms with E-state index in [9.17, 15) is 19.8 Å². The maximum Gasteiger partial charge on any atom is 0.0417 e. The van der Waals surface area contributed by atoms with Crippen LogP contribution < -0.4 is 10.2 Å². The molecular weight excluding hydrogens is 208 g/mol. The van der Waals surface area contributed by atoms with Crippen molar-refractivity contribution in [3.05, 3.63) is 35.4 Å². The van der Waals surface area contributed by atoms with E-state index in [4.69, 9.17) is 0 Å². The number of rotatable bonds is 6. The van der Waals surface area contributed by atoms with Gasteiger partial charge in [-0.25, -0.2) is 0 Å². The molecule has 0 heterocycles. The van der Waals surface area contributed by atoms with E-state index in [1.807, 2.05) is 0 Å². The number of carbonyl (C=O) groups is 2. The number of carbonyl (C=O) groups excluding carboxylic acids is 2. The Labute approximate surface area is 93.5 Å². The minimum Gasteiger partial charge on any atom is -0.550 e. The van der Waals surface area contributed by atoms with Crippen LogP contribution in [0.2, 0.25) is 0 Å². The summed E-state index contributed by atoms with van der Waals surface area (Å²) in [5.41, 5.74) is 1.71. The summed E-state index contributed by atoms with van der Waals surface area (Å²) in [5.74, 6) is -2.20. The second-order valence-corrected chi connectivity index (χ2v) is 3.51. The molecular formula is C12H12O4-2. The van der Waals surface area contributed by atoms with Crippen molar-refractivity contribution < 1.29 is 19.8 Å². The van der Waals surface area contributed by atoms with Crippen molar-refractivity contribution in [2.75, 3.05) is 0 Å². The second kappa shape index (κ2) is 5.90. The average molecular weight is 220 g/mol. The van der Waals surface area contributed by atoms with Crippen LogP contribution in [0.5, 0.6) is 0 Å².